The maximum atomic E-state index is 10.7. The minimum absolute atomic E-state index is 0.0781. The molecule has 0 radical (unpaired) electrons. The summed E-state index contributed by atoms with van der Waals surface area (Å²) in [6, 6.07) is 0. The molecule has 0 heterocycles. The zero-order chi connectivity index (χ0) is 7.98. The Morgan fingerprint density at radius 3 is 2.70 bits per heavy atom. The van der Waals surface area contributed by atoms with Crippen LogP contribution in [0, 0.1) is 6.42 Å². The third-order valence-corrected chi connectivity index (χ3v) is 1.04. The molecule has 0 aliphatic rings. The smallest absolute Gasteiger partial charge is 0.151 e. The van der Waals surface area contributed by atoms with Gasteiger partial charge in [-0.1, -0.05) is 6.42 Å². The number of allylic oxidation sites excluding steroid dienone is 2. The first-order valence-electron chi connectivity index (χ1n) is 3.32. The fourth-order valence-corrected chi connectivity index (χ4v) is 0.585. The summed E-state index contributed by atoms with van der Waals surface area (Å²) in [6.45, 7) is 3.27. The second kappa shape index (κ2) is 5.03. The van der Waals surface area contributed by atoms with Crippen molar-refractivity contribution < 1.29 is 9.90 Å². The zero-order valence-corrected chi connectivity index (χ0v) is 6.39. The van der Waals surface area contributed by atoms with E-state index in [0.717, 1.165) is 12.5 Å². The Labute approximate surface area is 61.6 Å². The van der Waals surface area contributed by atoms with Crippen LogP contribution in [-0.2, 0) is 4.79 Å². The van der Waals surface area contributed by atoms with Crippen LogP contribution < -0.4 is 5.11 Å². The van der Waals surface area contributed by atoms with E-state index in [1.807, 2.05) is 13.3 Å². The number of carbonyl (C=O) groups is 1. The van der Waals surface area contributed by atoms with Gasteiger partial charge in [0.1, 0.15) is 0 Å². The summed E-state index contributed by atoms with van der Waals surface area (Å²) < 4.78 is 0. The van der Waals surface area contributed by atoms with Gasteiger partial charge in [0.2, 0.25) is 0 Å². The Hall–Kier alpha value is -0.790. The molecule has 0 bridgehead atoms. The van der Waals surface area contributed by atoms with Gasteiger partial charge in [-0.3, -0.25) is 4.79 Å². The van der Waals surface area contributed by atoms with Gasteiger partial charge in [0, 0.05) is 0 Å². The molecule has 0 amide bonds. The summed E-state index contributed by atoms with van der Waals surface area (Å²) in [6.07, 6.45) is 4.26. The Bertz CT molecular complexity index is 136. The van der Waals surface area contributed by atoms with Crippen LogP contribution in [0.4, 0.5) is 0 Å². The summed E-state index contributed by atoms with van der Waals surface area (Å²) in [5, 5.41) is 10.7. The number of hydrogen-bond donors (Lipinski definition) is 0. The summed E-state index contributed by atoms with van der Waals surface area (Å²) in [5.74, 6) is -0.244. The number of ketones is 1. The highest BCUT2D eigenvalue weighted by Gasteiger charge is 1.82. The normalized spacial score (nSPS) is 11.6. The van der Waals surface area contributed by atoms with Crippen LogP contribution in [0.5, 0.6) is 0 Å². The molecule has 0 aromatic carbocycles. The molecule has 0 spiro atoms. The second-order valence-corrected chi connectivity index (χ2v) is 2.17. The third kappa shape index (κ3) is 5.35. The van der Waals surface area contributed by atoms with Gasteiger partial charge in [0.25, 0.3) is 0 Å². The maximum Gasteiger partial charge on any atom is 0.151 e. The molecule has 0 aliphatic heterocycles. The van der Waals surface area contributed by atoms with E-state index in [1.54, 1.807) is 0 Å². The monoisotopic (exact) mass is 140 g/mol. The molecular weight excluding hydrogens is 128 g/mol. The first-order valence-corrected chi connectivity index (χ1v) is 3.32. The molecule has 0 rings (SSSR count). The molecule has 0 aromatic rings. The Kier molecular flexibility index (Phi) is 4.63. The predicted octanol–water partition coefficient (Wildman–Crippen LogP) is 0.824. The highest BCUT2D eigenvalue weighted by molar-refractivity contribution is 5.87. The van der Waals surface area contributed by atoms with Crippen LogP contribution in [0.25, 0.3) is 0 Å². The summed E-state index contributed by atoms with van der Waals surface area (Å²) in [4.78, 5) is 10.3. The van der Waals surface area contributed by atoms with E-state index in [9.17, 15) is 9.90 Å². The van der Waals surface area contributed by atoms with E-state index in [2.05, 4.69) is 0 Å². The topological polar surface area (TPSA) is 40.1 Å². The first kappa shape index (κ1) is 9.21. The fraction of sp³-hybridized carbons (Fsp3) is 0.500. The van der Waals surface area contributed by atoms with E-state index in [-0.39, 0.29) is 11.5 Å². The molecule has 0 atom stereocenters. The Morgan fingerprint density at radius 1 is 1.70 bits per heavy atom. The van der Waals surface area contributed by atoms with Crippen molar-refractivity contribution in [2.24, 2.45) is 0 Å². The highest BCUT2D eigenvalue weighted by atomic mass is 16.3. The largest absolute Gasteiger partial charge is 0.875 e. The molecule has 0 unspecified atom stereocenters. The van der Waals surface area contributed by atoms with Crippen molar-refractivity contribution in [3.63, 3.8) is 0 Å². The second-order valence-electron chi connectivity index (χ2n) is 2.17. The van der Waals surface area contributed by atoms with Gasteiger partial charge in [-0.25, -0.2) is 0 Å². The van der Waals surface area contributed by atoms with Crippen LogP contribution in [0.2, 0.25) is 0 Å². The highest BCUT2D eigenvalue weighted by Crippen LogP contribution is 1.99. The lowest BCUT2D eigenvalue weighted by atomic mass is 10.2. The van der Waals surface area contributed by atoms with E-state index < -0.39 is 0 Å². The molecule has 10 heavy (non-hydrogen) atoms. The number of carbonyl (C=O) groups excluding carboxylic acids is 1. The summed E-state index contributed by atoms with van der Waals surface area (Å²) >= 11 is 0. The van der Waals surface area contributed by atoms with Gasteiger partial charge in [0.05, 0.1) is 0 Å². The maximum absolute atomic E-state index is 10.7. The van der Waals surface area contributed by atoms with Crippen molar-refractivity contribution >= 4 is 5.78 Å². The van der Waals surface area contributed by atoms with Crippen molar-refractivity contribution in [3.05, 3.63) is 18.3 Å². The van der Waals surface area contributed by atoms with E-state index >= 15 is 0 Å². The fourth-order valence-electron chi connectivity index (χ4n) is 0.585. The predicted molar refractivity (Wildman–Crippen MR) is 38.0 cm³/mol. The zero-order valence-electron chi connectivity index (χ0n) is 6.39. The van der Waals surface area contributed by atoms with Crippen molar-refractivity contribution in [2.75, 3.05) is 0 Å². The molecule has 2 nitrogen and oxygen atoms in total. The quantitative estimate of drug-likeness (QED) is 0.329. The SMILES string of the molecule is C[CH-]CC/C([O-])=C/C(C)=O. The van der Waals surface area contributed by atoms with Crippen molar-refractivity contribution in [2.45, 2.75) is 26.7 Å². The number of unbranched alkanes of at least 4 members (excludes halogenated alkanes) is 1. The van der Waals surface area contributed by atoms with Gasteiger partial charge in [0.15, 0.2) is 5.78 Å². The molecule has 0 aromatic heterocycles. The summed E-state index contributed by atoms with van der Waals surface area (Å²) in [7, 11) is 0. The molecule has 0 saturated carbocycles. The molecule has 0 fully saturated rings. The Morgan fingerprint density at radius 2 is 2.30 bits per heavy atom. The van der Waals surface area contributed by atoms with E-state index in [0.29, 0.717) is 6.42 Å². The minimum Gasteiger partial charge on any atom is -0.875 e. The standard InChI is InChI=1S/C8H13O2/c1-3-4-5-8(10)6-7(2)9/h3,6,10H,4-5H2,1-2H3/q-1/p-1/b8-6-. The number of hydrogen-bond acceptors (Lipinski definition) is 2. The molecule has 0 aliphatic carbocycles. The van der Waals surface area contributed by atoms with Crippen molar-refractivity contribution in [1.82, 2.24) is 0 Å². The molecule has 0 N–H and O–H groups in total. The average Bonchev–Trinajstić information content (AvgIpc) is 1.82. The number of rotatable bonds is 4. The summed E-state index contributed by atoms with van der Waals surface area (Å²) in [5.41, 5.74) is 0. The van der Waals surface area contributed by atoms with Gasteiger partial charge in [-0.05, 0) is 13.0 Å². The lowest BCUT2D eigenvalue weighted by Gasteiger charge is -2.12. The lowest BCUT2D eigenvalue weighted by molar-refractivity contribution is -0.306. The van der Waals surface area contributed by atoms with Gasteiger partial charge in [-0.2, -0.15) is 13.3 Å². The third-order valence-electron chi connectivity index (χ3n) is 1.04. The first-order chi connectivity index (χ1) is 4.66. The van der Waals surface area contributed by atoms with Crippen molar-refractivity contribution in [1.29, 1.82) is 0 Å². The molecule has 0 saturated heterocycles. The minimum atomic E-state index is -0.166. The lowest BCUT2D eigenvalue weighted by Crippen LogP contribution is -2.05. The van der Waals surface area contributed by atoms with Crippen LogP contribution in [0.3, 0.4) is 0 Å². The molecular formula is C8H12O2-2. The van der Waals surface area contributed by atoms with Crippen molar-refractivity contribution in [3.8, 4) is 0 Å². The van der Waals surface area contributed by atoms with Gasteiger partial charge in [-0.15, -0.1) is 5.76 Å². The van der Waals surface area contributed by atoms with Gasteiger partial charge < -0.3 is 11.5 Å². The van der Waals surface area contributed by atoms with Crippen LogP contribution in [0.15, 0.2) is 11.8 Å². The van der Waals surface area contributed by atoms with Crippen LogP contribution in [0.1, 0.15) is 26.7 Å². The van der Waals surface area contributed by atoms with E-state index in [1.165, 1.54) is 6.92 Å². The van der Waals surface area contributed by atoms with Gasteiger partial charge >= 0.3 is 0 Å². The van der Waals surface area contributed by atoms with E-state index in [4.69, 9.17) is 0 Å². The average molecular weight is 140 g/mol. The van der Waals surface area contributed by atoms with Crippen LogP contribution in [-0.4, -0.2) is 5.78 Å². The molecule has 58 valence electrons. The molecule has 2 heteroatoms. The Balaban J connectivity index is 3.60. The van der Waals surface area contributed by atoms with Crippen LogP contribution >= 0.6 is 0 Å².